The predicted molar refractivity (Wildman–Crippen MR) is 71.4 cm³/mol. The molecule has 0 aliphatic rings. The highest BCUT2D eigenvalue weighted by Gasteiger charge is 2.19. The molecule has 0 fully saturated rings. The van der Waals surface area contributed by atoms with Crippen molar-refractivity contribution >= 4 is 28.7 Å². The van der Waals surface area contributed by atoms with Crippen LogP contribution in [0.3, 0.4) is 0 Å². The number of carbonyl (C=O) groups is 1. The average Bonchev–Trinajstić information content (AvgIpc) is 2.86. The van der Waals surface area contributed by atoms with Crippen LogP contribution in [0.2, 0.25) is 5.02 Å². The lowest BCUT2D eigenvalue weighted by Crippen LogP contribution is -2.22. The Hall–Kier alpha value is -1.23. The summed E-state index contributed by atoms with van der Waals surface area (Å²) < 4.78 is 13.5. The molecule has 18 heavy (non-hydrogen) atoms. The predicted octanol–water partition coefficient (Wildman–Crippen LogP) is 3.35. The molecule has 1 unspecified atom stereocenters. The van der Waals surface area contributed by atoms with Gasteiger partial charge in [0.15, 0.2) is 5.78 Å². The topological polar surface area (TPSA) is 43.1 Å². The van der Waals surface area contributed by atoms with E-state index in [2.05, 4.69) is 0 Å². The lowest BCUT2D eigenvalue weighted by atomic mass is 10.0. The smallest absolute Gasteiger partial charge is 0.159 e. The second kappa shape index (κ2) is 5.61. The lowest BCUT2D eigenvalue weighted by molar-refractivity contribution is -0.119. The Kier molecular flexibility index (Phi) is 4.11. The number of hydrogen-bond acceptors (Lipinski definition) is 3. The molecule has 0 spiro atoms. The first-order chi connectivity index (χ1) is 8.59. The molecule has 0 saturated carbocycles. The molecule has 2 rings (SSSR count). The van der Waals surface area contributed by atoms with Crippen LogP contribution in [-0.2, 0) is 11.2 Å². The summed E-state index contributed by atoms with van der Waals surface area (Å²) in [6, 6.07) is 7.24. The van der Waals surface area contributed by atoms with Gasteiger partial charge in [0.1, 0.15) is 5.82 Å². The number of hydrogen-bond donors (Lipinski definition) is 1. The van der Waals surface area contributed by atoms with Gasteiger partial charge in [0.25, 0.3) is 0 Å². The number of benzene rings is 1. The molecule has 0 aliphatic carbocycles. The highest BCUT2D eigenvalue weighted by molar-refractivity contribution is 7.10. The van der Waals surface area contributed by atoms with Gasteiger partial charge in [-0.25, -0.2) is 4.39 Å². The Morgan fingerprint density at radius 2 is 2.17 bits per heavy atom. The van der Waals surface area contributed by atoms with Crippen molar-refractivity contribution < 1.29 is 9.18 Å². The molecule has 5 heteroatoms. The van der Waals surface area contributed by atoms with Crippen molar-refractivity contribution in [2.45, 2.75) is 12.5 Å². The Bertz CT molecular complexity index is 536. The van der Waals surface area contributed by atoms with E-state index >= 15 is 0 Å². The van der Waals surface area contributed by atoms with Crippen LogP contribution in [0, 0.1) is 5.82 Å². The first kappa shape index (κ1) is 13.2. The summed E-state index contributed by atoms with van der Waals surface area (Å²) in [5, 5.41) is 2.10. The van der Waals surface area contributed by atoms with E-state index in [9.17, 15) is 9.18 Å². The van der Waals surface area contributed by atoms with Crippen molar-refractivity contribution in [3.8, 4) is 0 Å². The normalized spacial score (nSPS) is 12.4. The number of rotatable bonds is 4. The van der Waals surface area contributed by atoms with Gasteiger partial charge in [0.05, 0.1) is 6.04 Å². The third-order valence-electron chi connectivity index (χ3n) is 2.61. The maximum Gasteiger partial charge on any atom is 0.159 e. The number of ketones is 1. The zero-order chi connectivity index (χ0) is 13.1. The van der Waals surface area contributed by atoms with Crippen molar-refractivity contribution in [3.63, 3.8) is 0 Å². The fraction of sp³-hybridized carbons (Fsp3) is 0.154. The minimum Gasteiger partial charge on any atom is -0.317 e. The monoisotopic (exact) mass is 283 g/mol. The number of nitrogens with two attached hydrogens (primary N) is 1. The minimum absolute atomic E-state index is 0.0927. The summed E-state index contributed by atoms with van der Waals surface area (Å²) in [7, 11) is 0. The molecule has 0 amide bonds. The van der Waals surface area contributed by atoms with Crippen LogP contribution in [0.15, 0.2) is 35.7 Å². The van der Waals surface area contributed by atoms with E-state index in [1.807, 2.05) is 11.4 Å². The van der Waals surface area contributed by atoms with Crippen molar-refractivity contribution in [3.05, 3.63) is 57.0 Å². The SMILES string of the molecule is NC(C(=O)Cc1c(F)cccc1Cl)c1cccs1. The van der Waals surface area contributed by atoms with Crippen molar-refractivity contribution in [1.29, 1.82) is 0 Å². The van der Waals surface area contributed by atoms with E-state index in [0.717, 1.165) is 4.88 Å². The molecule has 1 atom stereocenters. The molecule has 0 saturated heterocycles. The van der Waals surface area contributed by atoms with Crippen LogP contribution in [0.4, 0.5) is 4.39 Å². The van der Waals surface area contributed by atoms with Gasteiger partial charge in [0, 0.05) is 21.9 Å². The number of carbonyl (C=O) groups excluding carboxylic acids is 1. The summed E-state index contributed by atoms with van der Waals surface area (Å²) in [5.74, 6) is -0.723. The van der Waals surface area contributed by atoms with Crippen molar-refractivity contribution in [1.82, 2.24) is 0 Å². The summed E-state index contributed by atoms with van der Waals surface area (Å²) in [4.78, 5) is 12.7. The molecule has 0 radical (unpaired) electrons. The van der Waals surface area contributed by atoms with Gasteiger partial charge in [-0.3, -0.25) is 4.79 Å². The van der Waals surface area contributed by atoms with Gasteiger partial charge in [-0.2, -0.15) is 0 Å². The molecular weight excluding hydrogens is 273 g/mol. The van der Waals surface area contributed by atoms with Crippen molar-refractivity contribution in [2.24, 2.45) is 5.73 Å². The van der Waals surface area contributed by atoms with Gasteiger partial charge in [-0.1, -0.05) is 23.7 Å². The summed E-state index contributed by atoms with van der Waals surface area (Å²) in [6.45, 7) is 0. The van der Waals surface area contributed by atoms with Gasteiger partial charge >= 0.3 is 0 Å². The summed E-state index contributed by atoms with van der Waals surface area (Å²) >= 11 is 7.28. The molecular formula is C13H11ClFNOS. The zero-order valence-corrected chi connectivity index (χ0v) is 11.0. The van der Waals surface area contributed by atoms with Gasteiger partial charge in [0.2, 0.25) is 0 Å². The van der Waals surface area contributed by atoms with E-state index in [-0.39, 0.29) is 22.8 Å². The fourth-order valence-corrected chi connectivity index (χ4v) is 2.59. The second-order valence-corrected chi connectivity index (χ2v) is 5.22. The highest BCUT2D eigenvalue weighted by atomic mass is 35.5. The molecule has 1 aromatic heterocycles. The van der Waals surface area contributed by atoms with E-state index in [4.69, 9.17) is 17.3 Å². The van der Waals surface area contributed by atoms with Gasteiger partial charge in [-0.15, -0.1) is 11.3 Å². The lowest BCUT2D eigenvalue weighted by Gasteiger charge is -2.10. The minimum atomic E-state index is -0.722. The molecule has 2 nitrogen and oxygen atoms in total. The third-order valence-corrected chi connectivity index (χ3v) is 3.92. The maximum absolute atomic E-state index is 13.5. The molecule has 1 aromatic carbocycles. The number of halogens is 2. The van der Waals surface area contributed by atoms with Crippen LogP contribution in [0.5, 0.6) is 0 Å². The number of thiophene rings is 1. The van der Waals surface area contributed by atoms with Crippen molar-refractivity contribution in [2.75, 3.05) is 0 Å². The third kappa shape index (κ3) is 2.77. The van der Waals surface area contributed by atoms with E-state index < -0.39 is 11.9 Å². The summed E-state index contributed by atoms with van der Waals surface area (Å²) in [5.41, 5.74) is 6.03. The number of Topliss-reactive ketones (excluding diaryl/α,β-unsaturated/α-hetero) is 1. The standard InChI is InChI=1S/C13H11ClFNOS/c14-9-3-1-4-10(15)8(9)7-11(17)13(16)12-5-2-6-18-12/h1-6,13H,7,16H2. The Morgan fingerprint density at radius 3 is 2.78 bits per heavy atom. The summed E-state index contributed by atoms with van der Waals surface area (Å²) in [6.07, 6.45) is -0.0927. The van der Waals surface area contributed by atoms with Crippen LogP contribution in [-0.4, -0.2) is 5.78 Å². The fourth-order valence-electron chi connectivity index (χ4n) is 1.61. The molecule has 0 aliphatic heterocycles. The first-order valence-electron chi connectivity index (χ1n) is 5.34. The maximum atomic E-state index is 13.5. The second-order valence-electron chi connectivity index (χ2n) is 3.84. The molecule has 94 valence electrons. The largest absolute Gasteiger partial charge is 0.317 e. The van der Waals surface area contributed by atoms with E-state index in [1.54, 1.807) is 12.1 Å². The van der Waals surface area contributed by atoms with E-state index in [1.165, 1.54) is 23.5 Å². The Morgan fingerprint density at radius 1 is 1.39 bits per heavy atom. The van der Waals surface area contributed by atoms with Crippen LogP contribution in [0.25, 0.3) is 0 Å². The Labute approximate surface area is 113 Å². The first-order valence-corrected chi connectivity index (χ1v) is 6.60. The molecule has 2 N–H and O–H groups in total. The average molecular weight is 284 g/mol. The Balaban J connectivity index is 2.17. The van der Waals surface area contributed by atoms with Crippen LogP contribution in [0.1, 0.15) is 16.5 Å². The molecule has 0 bridgehead atoms. The van der Waals surface area contributed by atoms with Crippen LogP contribution >= 0.6 is 22.9 Å². The molecule has 1 heterocycles. The quantitative estimate of drug-likeness (QED) is 0.935. The molecule has 2 aromatic rings. The zero-order valence-electron chi connectivity index (χ0n) is 9.40. The van der Waals surface area contributed by atoms with Gasteiger partial charge < -0.3 is 5.73 Å². The van der Waals surface area contributed by atoms with Gasteiger partial charge in [-0.05, 0) is 23.6 Å². The van der Waals surface area contributed by atoms with Crippen LogP contribution < -0.4 is 5.73 Å². The van der Waals surface area contributed by atoms with E-state index in [0.29, 0.717) is 0 Å². The highest BCUT2D eigenvalue weighted by Crippen LogP contribution is 2.23.